The fourth-order valence-corrected chi connectivity index (χ4v) is 5.24. The van der Waals surface area contributed by atoms with Crippen molar-refractivity contribution in [2.75, 3.05) is 0 Å². The minimum Gasteiger partial charge on any atom is -0.481 e. The third-order valence-corrected chi connectivity index (χ3v) is 6.76. The summed E-state index contributed by atoms with van der Waals surface area (Å²) in [5.74, 6) is -1.23. The molecule has 0 aromatic carbocycles. The van der Waals surface area contributed by atoms with Gasteiger partial charge in [0, 0.05) is 12.3 Å². The molecule has 2 aliphatic carbocycles. The van der Waals surface area contributed by atoms with Crippen LogP contribution in [0, 0.1) is 22.7 Å². The summed E-state index contributed by atoms with van der Waals surface area (Å²) in [6, 6.07) is 0. The van der Waals surface area contributed by atoms with Crippen molar-refractivity contribution in [3.8, 4) is 0 Å². The summed E-state index contributed by atoms with van der Waals surface area (Å²) >= 11 is 0. The number of epoxide rings is 2. The fourth-order valence-electron chi connectivity index (χ4n) is 5.24. The Kier molecular flexibility index (Phi) is 2.23. The van der Waals surface area contributed by atoms with Crippen molar-refractivity contribution >= 4 is 5.97 Å². The Labute approximate surface area is 119 Å². The Bertz CT molecular complexity index is 471. The highest BCUT2D eigenvalue weighted by Crippen LogP contribution is 2.83. The molecular formula is C16H24O4. The zero-order chi connectivity index (χ0) is 14.4. The van der Waals surface area contributed by atoms with Gasteiger partial charge in [-0.1, -0.05) is 33.1 Å². The number of carbonyl (C=O) groups is 1. The lowest BCUT2D eigenvalue weighted by Gasteiger charge is -2.49. The molecule has 1 N–H and O–H groups in total. The van der Waals surface area contributed by atoms with Crippen molar-refractivity contribution in [2.45, 2.75) is 70.9 Å². The molecule has 0 radical (unpaired) electrons. The highest BCUT2D eigenvalue weighted by molar-refractivity contribution is 5.77. The van der Waals surface area contributed by atoms with Gasteiger partial charge in [-0.2, -0.15) is 0 Å². The first-order valence-electron chi connectivity index (χ1n) is 7.93. The molecule has 2 saturated carbocycles. The molecule has 4 heteroatoms. The van der Waals surface area contributed by atoms with Gasteiger partial charge >= 0.3 is 5.97 Å². The molecule has 0 spiro atoms. The van der Waals surface area contributed by atoms with Crippen molar-refractivity contribution in [3.05, 3.63) is 0 Å². The minimum absolute atomic E-state index is 0.00319. The fraction of sp³-hybridized carbons (Fsp3) is 0.938. The number of ether oxygens (including phenoxy) is 2. The van der Waals surface area contributed by atoms with Crippen LogP contribution in [0.15, 0.2) is 0 Å². The maximum absolute atomic E-state index is 12.2. The highest BCUT2D eigenvalue weighted by atomic mass is 17.0. The average molecular weight is 280 g/mol. The summed E-state index contributed by atoms with van der Waals surface area (Å²) in [4.78, 5) is 12.2. The smallest absolute Gasteiger partial charge is 0.310 e. The van der Waals surface area contributed by atoms with E-state index in [9.17, 15) is 9.90 Å². The van der Waals surface area contributed by atoms with Crippen LogP contribution in [-0.2, 0) is 14.3 Å². The molecule has 112 valence electrons. The number of carboxylic acids is 1. The molecule has 2 saturated heterocycles. The molecule has 0 bridgehead atoms. The van der Waals surface area contributed by atoms with E-state index in [1.165, 1.54) is 19.3 Å². The van der Waals surface area contributed by atoms with E-state index < -0.39 is 23.0 Å². The van der Waals surface area contributed by atoms with E-state index in [-0.39, 0.29) is 11.3 Å². The molecule has 2 unspecified atom stereocenters. The highest BCUT2D eigenvalue weighted by Gasteiger charge is 2.99. The molecule has 20 heavy (non-hydrogen) atoms. The first kappa shape index (κ1) is 13.1. The van der Waals surface area contributed by atoms with Crippen molar-refractivity contribution in [2.24, 2.45) is 22.7 Å². The molecule has 4 nitrogen and oxygen atoms in total. The topological polar surface area (TPSA) is 62.4 Å². The predicted octanol–water partition coefficient (Wildman–Crippen LogP) is 3.16. The molecule has 4 aliphatic rings. The van der Waals surface area contributed by atoms with Gasteiger partial charge in [0.1, 0.15) is 0 Å². The summed E-state index contributed by atoms with van der Waals surface area (Å²) in [5, 5.41) is 9.99. The zero-order valence-corrected chi connectivity index (χ0v) is 12.6. The van der Waals surface area contributed by atoms with Gasteiger partial charge in [-0.05, 0) is 31.1 Å². The van der Waals surface area contributed by atoms with Crippen LogP contribution in [-0.4, -0.2) is 22.7 Å². The van der Waals surface area contributed by atoms with Crippen LogP contribution in [0.25, 0.3) is 0 Å². The second kappa shape index (κ2) is 3.41. The quantitative estimate of drug-likeness (QED) is 0.789. The predicted molar refractivity (Wildman–Crippen MR) is 71.8 cm³/mol. The number of hydrogen-bond acceptors (Lipinski definition) is 3. The van der Waals surface area contributed by atoms with Crippen LogP contribution >= 0.6 is 0 Å². The van der Waals surface area contributed by atoms with Gasteiger partial charge in [-0.25, -0.2) is 0 Å². The molecule has 2 atom stereocenters. The molecular weight excluding hydrogens is 256 g/mol. The van der Waals surface area contributed by atoms with E-state index in [2.05, 4.69) is 13.8 Å². The molecule has 0 aromatic rings. The van der Waals surface area contributed by atoms with E-state index in [1.807, 2.05) is 6.92 Å². The minimum atomic E-state index is -0.772. The Morgan fingerprint density at radius 3 is 2.25 bits per heavy atom. The molecule has 4 fully saturated rings. The number of hydrogen-bond donors (Lipinski definition) is 1. The van der Waals surface area contributed by atoms with Crippen LogP contribution in [0.5, 0.6) is 0 Å². The monoisotopic (exact) mass is 280 g/mol. The van der Waals surface area contributed by atoms with Gasteiger partial charge < -0.3 is 14.6 Å². The van der Waals surface area contributed by atoms with Crippen LogP contribution in [0.1, 0.15) is 59.3 Å². The third-order valence-electron chi connectivity index (χ3n) is 6.76. The standard InChI is InChI=1S/C16H24O4/c1-13(2)9-15-16(19-15,20-15)11(14(13,3)12(17)18)10-7-5-4-6-8-10/h10-11H,4-9H2,1-3H3,(H,17,18). The summed E-state index contributed by atoms with van der Waals surface area (Å²) in [7, 11) is 0. The summed E-state index contributed by atoms with van der Waals surface area (Å²) in [6.45, 7) is 6.06. The average Bonchev–Trinajstić information content (AvgIpc) is 3.15. The molecule has 2 heterocycles. The Morgan fingerprint density at radius 1 is 1.10 bits per heavy atom. The van der Waals surface area contributed by atoms with Gasteiger partial charge in [-0.15, -0.1) is 0 Å². The molecule has 0 aromatic heterocycles. The van der Waals surface area contributed by atoms with Crippen molar-refractivity contribution < 1.29 is 19.4 Å². The van der Waals surface area contributed by atoms with Crippen LogP contribution < -0.4 is 0 Å². The number of carboxylic acid groups (broad SMARTS) is 1. The zero-order valence-electron chi connectivity index (χ0n) is 12.6. The summed E-state index contributed by atoms with van der Waals surface area (Å²) in [6.07, 6.45) is 6.63. The van der Waals surface area contributed by atoms with Crippen LogP contribution in [0.3, 0.4) is 0 Å². The second-order valence-corrected chi connectivity index (χ2v) is 8.07. The van der Waals surface area contributed by atoms with E-state index in [1.54, 1.807) is 0 Å². The van der Waals surface area contributed by atoms with Crippen molar-refractivity contribution in [3.63, 3.8) is 0 Å². The molecule has 0 amide bonds. The lowest BCUT2D eigenvalue weighted by atomic mass is 9.50. The Balaban J connectivity index is 1.78. The number of rotatable bonds is 2. The van der Waals surface area contributed by atoms with E-state index >= 15 is 0 Å². The summed E-state index contributed by atoms with van der Waals surface area (Å²) in [5.41, 5.74) is -1.08. The lowest BCUT2D eigenvalue weighted by Crippen LogP contribution is -2.56. The largest absolute Gasteiger partial charge is 0.481 e. The van der Waals surface area contributed by atoms with Crippen molar-refractivity contribution in [1.82, 2.24) is 0 Å². The lowest BCUT2D eigenvalue weighted by molar-refractivity contribution is -0.175. The van der Waals surface area contributed by atoms with E-state index in [0.29, 0.717) is 12.3 Å². The first-order valence-corrected chi connectivity index (χ1v) is 7.93. The normalized spacial score (nSPS) is 52.9. The van der Waals surface area contributed by atoms with Crippen LogP contribution in [0.2, 0.25) is 0 Å². The van der Waals surface area contributed by atoms with Gasteiger partial charge in [0.05, 0.1) is 5.41 Å². The van der Waals surface area contributed by atoms with E-state index in [0.717, 1.165) is 12.8 Å². The first-order chi connectivity index (χ1) is 9.29. The van der Waals surface area contributed by atoms with Gasteiger partial charge in [0.25, 0.3) is 0 Å². The Morgan fingerprint density at radius 2 is 1.70 bits per heavy atom. The molecule has 4 rings (SSSR count). The van der Waals surface area contributed by atoms with Gasteiger partial charge in [0.15, 0.2) is 0 Å². The maximum atomic E-state index is 12.2. The van der Waals surface area contributed by atoms with Gasteiger partial charge in [0.2, 0.25) is 11.6 Å². The van der Waals surface area contributed by atoms with Crippen molar-refractivity contribution in [1.29, 1.82) is 0 Å². The molecule has 2 aliphatic heterocycles. The maximum Gasteiger partial charge on any atom is 0.310 e. The van der Waals surface area contributed by atoms with E-state index in [4.69, 9.17) is 9.47 Å². The SMILES string of the molecule is CC1(C)CC23OC2(O3)C(C2CCCCC2)C1(C)C(=O)O. The number of aliphatic carboxylic acids is 1. The Hall–Kier alpha value is -0.610. The second-order valence-electron chi connectivity index (χ2n) is 8.07. The third kappa shape index (κ3) is 1.24. The van der Waals surface area contributed by atoms with Gasteiger partial charge in [-0.3, -0.25) is 4.79 Å². The summed E-state index contributed by atoms with van der Waals surface area (Å²) < 4.78 is 11.8. The van der Waals surface area contributed by atoms with Crippen LogP contribution in [0.4, 0.5) is 0 Å².